The zero-order chi connectivity index (χ0) is 35.5. The van der Waals surface area contributed by atoms with Crippen LogP contribution in [0.5, 0.6) is 0 Å². The number of aliphatic hydroxyl groups excluding tert-OH is 3. The van der Waals surface area contributed by atoms with Gasteiger partial charge in [0.05, 0.1) is 19.5 Å². The van der Waals surface area contributed by atoms with Crippen molar-refractivity contribution in [1.82, 2.24) is 35.1 Å². The third-order valence-corrected chi connectivity index (χ3v) is 10.2. The number of aliphatic hydroxyl groups is 3. The average Bonchev–Trinajstić information content (AvgIpc) is 3.65. The number of rotatable bonds is 12. The van der Waals surface area contributed by atoms with Crippen molar-refractivity contribution in [3.05, 3.63) is 83.9 Å². The lowest BCUT2D eigenvalue weighted by Gasteiger charge is -2.53. The van der Waals surface area contributed by atoms with Gasteiger partial charge in [0.2, 0.25) is 0 Å². The number of ether oxygens (including phenoxy) is 1. The topological polar surface area (TPSA) is 170 Å². The fourth-order valence-corrected chi connectivity index (χ4v) is 7.61. The zero-order valence-electron chi connectivity index (χ0n) is 29.3. The molecule has 2 saturated heterocycles. The van der Waals surface area contributed by atoms with Crippen LogP contribution in [0, 0.1) is 0 Å². The van der Waals surface area contributed by atoms with Gasteiger partial charge in [-0.3, -0.25) is 9.47 Å². The molecule has 0 saturated carbocycles. The molecular weight excluding hydrogens is 636 g/mol. The van der Waals surface area contributed by atoms with Crippen LogP contribution in [0.1, 0.15) is 76.1 Å². The third kappa shape index (κ3) is 7.62. The smallest absolute Gasteiger partial charge is 0.315 e. The Labute approximate surface area is 293 Å². The largest absolute Gasteiger partial charge is 0.394 e. The molecule has 2 amide bonds. The van der Waals surface area contributed by atoms with Crippen molar-refractivity contribution in [1.29, 1.82) is 0 Å². The summed E-state index contributed by atoms with van der Waals surface area (Å²) in [4.78, 5) is 29.6. The number of carbonyl (C=O) groups is 1. The Balaban J connectivity index is 1.22. The number of nitrogens with zero attached hydrogens (tertiary/aromatic N) is 5. The SMILES string of the molecule is CC1(C)CCCC(C)(C)N1CCNC(=O)NCc1nc(NCC(c2ccccc2)c2ccccc2)c2ncn([C@@H]3O[C@H](CO)[C@@H](O)[C@H]3O)c2n1. The van der Waals surface area contributed by atoms with E-state index in [1.54, 1.807) is 0 Å². The van der Waals surface area contributed by atoms with Crippen molar-refractivity contribution >= 4 is 23.0 Å². The van der Waals surface area contributed by atoms with Crippen LogP contribution in [0.2, 0.25) is 0 Å². The summed E-state index contributed by atoms with van der Waals surface area (Å²) < 4.78 is 7.34. The molecule has 4 heterocycles. The van der Waals surface area contributed by atoms with E-state index >= 15 is 0 Å². The molecule has 2 aromatic carbocycles. The highest BCUT2D eigenvalue weighted by atomic mass is 16.6. The standard InChI is InChI=1S/C37H50N8O5/c1-36(2)16-11-17-37(3,4)45(36)19-18-38-35(49)40-21-28-42-32(39-20-26(24-12-7-5-8-13-24)25-14-9-6-10-15-25)29-33(43-28)44(23-41-29)34-31(48)30(47)27(22-46)50-34/h5-10,12-15,23,26-27,30-31,34,46-48H,11,16-22H2,1-4H3,(H2,38,40,49)(H,39,42,43)/t27-,30-,31-,34-/m1/s1. The summed E-state index contributed by atoms with van der Waals surface area (Å²) in [6, 6.07) is 20.1. The Morgan fingerprint density at radius 1 is 0.940 bits per heavy atom. The zero-order valence-corrected chi connectivity index (χ0v) is 29.3. The molecule has 4 aromatic rings. The van der Waals surface area contributed by atoms with Gasteiger partial charge in [0, 0.05) is 36.6 Å². The van der Waals surface area contributed by atoms with Gasteiger partial charge in [-0.05, 0) is 58.1 Å². The molecule has 0 radical (unpaired) electrons. The molecule has 50 heavy (non-hydrogen) atoms. The van der Waals surface area contributed by atoms with E-state index in [0.717, 1.165) is 30.5 Å². The van der Waals surface area contributed by atoms with Gasteiger partial charge in [-0.25, -0.2) is 19.7 Å². The summed E-state index contributed by atoms with van der Waals surface area (Å²) in [6.45, 7) is 10.3. The number of hydrogen-bond donors (Lipinski definition) is 6. The highest BCUT2D eigenvalue weighted by Gasteiger charge is 2.44. The molecule has 0 aliphatic carbocycles. The maximum Gasteiger partial charge on any atom is 0.315 e. The minimum Gasteiger partial charge on any atom is -0.394 e. The van der Waals surface area contributed by atoms with E-state index < -0.39 is 31.1 Å². The number of likely N-dealkylation sites (tertiary alicyclic amines) is 1. The second-order valence-corrected chi connectivity index (χ2v) is 14.5. The first kappa shape index (κ1) is 35.7. The van der Waals surface area contributed by atoms with Crippen molar-refractivity contribution in [2.24, 2.45) is 0 Å². The molecule has 2 fully saturated rings. The van der Waals surface area contributed by atoms with Gasteiger partial charge in [0.25, 0.3) is 0 Å². The second kappa shape index (κ2) is 15.0. The third-order valence-electron chi connectivity index (χ3n) is 10.2. The van der Waals surface area contributed by atoms with Crippen LogP contribution in [-0.2, 0) is 11.3 Å². The number of piperidine rings is 1. The Hall–Kier alpha value is -4.14. The molecule has 0 spiro atoms. The Bertz CT molecular complexity index is 1680. The van der Waals surface area contributed by atoms with E-state index in [-0.39, 0.29) is 29.6 Å². The second-order valence-electron chi connectivity index (χ2n) is 14.5. The number of hydrogen-bond acceptors (Lipinski definition) is 10. The van der Waals surface area contributed by atoms with Crippen LogP contribution in [0.4, 0.5) is 10.6 Å². The average molecular weight is 687 g/mol. The molecule has 4 atom stereocenters. The number of urea groups is 1. The Morgan fingerprint density at radius 2 is 1.58 bits per heavy atom. The van der Waals surface area contributed by atoms with E-state index in [2.05, 4.69) is 77.8 Å². The van der Waals surface area contributed by atoms with E-state index in [0.29, 0.717) is 35.9 Å². The first-order valence-electron chi connectivity index (χ1n) is 17.5. The molecule has 6 N–H and O–H groups in total. The van der Waals surface area contributed by atoms with Gasteiger partial charge in [-0.1, -0.05) is 60.7 Å². The van der Waals surface area contributed by atoms with Crippen LogP contribution in [0.3, 0.4) is 0 Å². The quantitative estimate of drug-likeness (QED) is 0.130. The Morgan fingerprint density at radius 3 is 2.18 bits per heavy atom. The van der Waals surface area contributed by atoms with Crippen molar-refractivity contribution < 1.29 is 24.9 Å². The molecule has 268 valence electrons. The van der Waals surface area contributed by atoms with Crippen molar-refractivity contribution in [2.75, 3.05) is 31.6 Å². The maximum absolute atomic E-state index is 13.0. The number of amides is 2. The molecule has 0 unspecified atom stereocenters. The number of benzene rings is 2. The van der Waals surface area contributed by atoms with Crippen molar-refractivity contribution in [3.8, 4) is 0 Å². The fraction of sp³-hybridized carbons (Fsp3) is 0.514. The first-order valence-corrected chi connectivity index (χ1v) is 17.5. The minimum absolute atomic E-state index is 0.00726. The molecule has 6 rings (SSSR count). The van der Waals surface area contributed by atoms with E-state index in [1.807, 2.05) is 36.4 Å². The Kier molecular flexibility index (Phi) is 10.7. The first-order chi connectivity index (χ1) is 24.0. The molecule has 2 aromatic heterocycles. The van der Waals surface area contributed by atoms with E-state index in [4.69, 9.17) is 14.7 Å². The number of aromatic nitrogens is 4. The molecule has 0 bridgehead atoms. The van der Waals surface area contributed by atoms with Crippen molar-refractivity contribution in [3.63, 3.8) is 0 Å². The lowest BCUT2D eigenvalue weighted by Crippen LogP contribution is -2.60. The monoisotopic (exact) mass is 686 g/mol. The van der Waals surface area contributed by atoms with Crippen LogP contribution < -0.4 is 16.0 Å². The van der Waals surface area contributed by atoms with Gasteiger partial charge in [-0.2, -0.15) is 0 Å². The lowest BCUT2D eigenvalue weighted by atomic mass is 9.80. The number of imidazole rings is 1. The van der Waals surface area contributed by atoms with Gasteiger partial charge in [-0.15, -0.1) is 0 Å². The minimum atomic E-state index is -1.32. The van der Waals surface area contributed by atoms with Crippen LogP contribution in [0.25, 0.3) is 11.2 Å². The van der Waals surface area contributed by atoms with Gasteiger partial charge < -0.3 is 36.0 Å². The lowest BCUT2D eigenvalue weighted by molar-refractivity contribution is -0.0511. The number of anilines is 1. The predicted molar refractivity (Wildman–Crippen MR) is 191 cm³/mol. The summed E-state index contributed by atoms with van der Waals surface area (Å²) in [5, 5.41) is 40.3. The summed E-state index contributed by atoms with van der Waals surface area (Å²) in [5.74, 6) is 0.759. The molecule has 13 nitrogen and oxygen atoms in total. The molecular formula is C37H50N8O5. The van der Waals surface area contributed by atoms with Gasteiger partial charge >= 0.3 is 6.03 Å². The molecule has 13 heteroatoms. The number of carbonyl (C=O) groups excluding carboxylic acids is 1. The van der Waals surface area contributed by atoms with Crippen LogP contribution in [0.15, 0.2) is 67.0 Å². The highest BCUT2D eigenvalue weighted by Crippen LogP contribution is 2.38. The molecule has 2 aliphatic heterocycles. The van der Waals surface area contributed by atoms with E-state index in [9.17, 15) is 20.1 Å². The van der Waals surface area contributed by atoms with Crippen molar-refractivity contribution in [2.45, 2.75) is 95.0 Å². The van der Waals surface area contributed by atoms with Crippen LogP contribution >= 0.6 is 0 Å². The fourth-order valence-electron chi connectivity index (χ4n) is 7.61. The highest BCUT2D eigenvalue weighted by molar-refractivity contribution is 5.83. The van der Waals surface area contributed by atoms with E-state index in [1.165, 1.54) is 17.3 Å². The maximum atomic E-state index is 13.0. The normalized spacial score (nSPS) is 23.3. The number of nitrogens with one attached hydrogen (secondary N) is 3. The number of fused-ring (bicyclic) bond motifs is 1. The van der Waals surface area contributed by atoms with Gasteiger partial charge in [0.15, 0.2) is 29.0 Å². The summed E-state index contributed by atoms with van der Waals surface area (Å²) in [7, 11) is 0. The summed E-state index contributed by atoms with van der Waals surface area (Å²) in [5.41, 5.74) is 3.15. The molecule has 2 aliphatic rings. The van der Waals surface area contributed by atoms with Crippen LogP contribution in [-0.4, -0.2) is 101 Å². The predicted octanol–water partition coefficient (Wildman–Crippen LogP) is 3.52. The summed E-state index contributed by atoms with van der Waals surface area (Å²) in [6.07, 6.45) is 0.301. The summed E-state index contributed by atoms with van der Waals surface area (Å²) >= 11 is 0. The van der Waals surface area contributed by atoms with Gasteiger partial charge in [0.1, 0.15) is 18.3 Å².